The van der Waals surface area contributed by atoms with Crippen LogP contribution in [0, 0.1) is 5.92 Å². The Hall–Kier alpha value is -7.04. The maximum absolute atomic E-state index is 13.4. The van der Waals surface area contributed by atoms with Crippen molar-refractivity contribution >= 4 is 81.3 Å². The average molecular weight is 879 g/mol. The number of rotatable bonds is 11. The molecular weight excluding hydrogens is 832 g/mol. The zero-order valence-corrected chi connectivity index (χ0v) is 36.0. The molecule has 4 aromatic carbocycles. The van der Waals surface area contributed by atoms with E-state index in [9.17, 15) is 19.2 Å². The van der Waals surface area contributed by atoms with Crippen LogP contribution in [0.1, 0.15) is 52.8 Å². The number of hydrazine groups is 1. The van der Waals surface area contributed by atoms with Gasteiger partial charge >= 0.3 is 6.03 Å². The molecule has 0 unspecified atom stereocenters. The molecule has 0 bridgehead atoms. The van der Waals surface area contributed by atoms with Crippen LogP contribution in [0.2, 0.25) is 0 Å². The SMILES string of the molecule is CN(CC1CCN(c2ccc3c(c2)C(=O)N(N2CCC(=O)NC2=O)C3=O)CC1)C1CCN(c2ccc(Nc3nc(-c4ccccc4)c4nc(Nc5ccccc5)n(Cl)c4n3)cc2)CC1. The summed E-state index contributed by atoms with van der Waals surface area (Å²) in [6.07, 6.45) is 4.22. The molecule has 3 N–H and O–H groups in total. The summed E-state index contributed by atoms with van der Waals surface area (Å²) in [6.45, 7) is 4.64. The maximum Gasteiger partial charge on any atom is 0.343 e. The monoisotopic (exact) mass is 878 g/mol. The van der Waals surface area contributed by atoms with Gasteiger partial charge in [-0.1, -0.05) is 48.5 Å². The fourth-order valence-corrected chi connectivity index (χ4v) is 9.47. The first-order valence-corrected chi connectivity index (χ1v) is 22.1. The third kappa shape index (κ3) is 8.05. The molecule has 3 fully saturated rings. The van der Waals surface area contributed by atoms with Gasteiger partial charge in [-0.3, -0.25) is 19.7 Å². The van der Waals surface area contributed by atoms with Crippen LogP contribution in [-0.4, -0.2) is 110 Å². The highest BCUT2D eigenvalue weighted by atomic mass is 35.5. The summed E-state index contributed by atoms with van der Waals surface area (Å²) >= 11 is 6.83. The fraction of sp³-hybridized carbons (Fsp3) is 0.298. The molecule has 6 aromatic rings. The normalized spacial score (nSPS) is 17.4. The summed E-state index contributed by atoms with van der Waals surface area (Å²) in [4.78, 5) is 72.3. The Bertz CT molecular complexity index is 2740. The number of carbonyl (C=O) groups excluding carboxylic acids is 4. The first-order valence-electron chi connectivity index (χ1n) is 21.7. The topological polar surface area (TPSA) is 164 Å². The van der Waals surface area contributed by atoms with Crippen molar-refractivity contribution in [3.8, 4) is 11.3 Å². The number of imide groups is 2. The number of anilines is 6. The van der Waals surface area contributed by atoms with Gasteiger partial charge in [-0.05, 0) is 93.2 Å². The van der Waals surface area contributed by atoms with Gasteiger partial charge in [-0.2, -0.15) is 9.99 Å². The molecule has 17 heteroatoms. The number of hydrogen-bond acceptors (Lipinski definition) is 12. The standard InChI is InChI=1S/C47H47ClN12O4/c1-55(29-30-18-23-57(24-19-30)36-16-17-37-38(28-36)44(63)60(43(37)62)58-27-22-39(61)51-47(58)64)34-20-25-56(26-21-34)35-14-12-33(13-15-35)49-45-52-40(31-8-4-2-5-9-31)41-42(54-45)59(48)46(53-41)50-32-10-6-3-7-11-32/h2-17,28,30,34H,18-27,29H2,1H3,(H,50,53)(H,49,52,54)(H,51,61,64). The summed E-state index contributed by atoms with van der Waals surface area (Å²) < 4.78 is 1.43. The van der Waals surface area contributed by atoms with E-state index in [4.69, 9.17) is 26.7 Å². The smallest absolute Gasteiger partial charge is 0.343 e. The van der Waals surface area contributed by atoms with Gasteiger partial charge in [0.05, 0.1) is 17.7 Å². The molecule has 2 aromatic heterocycles. The van der Waals surface area contributed by atoms with E-state index in [2.05, 4.69) is 62.0 Å². The van der Waals surface area contributed by atoms with Crippen molar-refractivity contribution in [3.05, 3.63) is 114 Å². The Morgan fingerprint density at radius 1 is 0.703 bits per heavy atom. The molecule has 0 saturated carbocycles. The Balaban J connectivity index is 0.725. The minimum Gasteiger partial charge on any atom is -0.371 e. The van der Waals surface area contributed by atoms with Crippen LogP contribution in [0.4, 0.5) is 39.4 Å². The molecule has 0 aliphatic carbocycles. The quantitative estimate of drug-likeness (QED) is 0.112. The van der Waals surface area contributed by atoms with Crippen molar-refractivity contribution in [1.29, 1.82) is 0 Å². The Kier molecular flexibility index (Phi) is 11.1. The summed E-state index contributed by atoms with van der Waals surface area (Å²) in [5.41, 5.74) is 6.99. The third-order valence-electron chi connectivity index (χ3n) is 12.8. The highest BCUT2D eigenvalue weighted by Gasteiger charge is 2.43. The van der Waals surface area contributed by atoms with E-state index >= 15 is 0 Å². The highest BCUT2D eigenvalue weighted by molar-refractivity contribution is 6.22. The van der Waals surface area contributed by atoms with E-state index in [0.29, 0.717) is 40.7 Å². The lowest BCUT2D eigenvalue weighted by atomic mass is 9.94. The number of para-hydroxylation sites is 1. The van der Waals surface area contributed by atoms with Gasteiger partial charge in [0.2, 0.25) is 17.8 Å². The molecule has 64 heavy (non-hydrogen) atoms. The first-order chi connectivity index (χ1) is 31.2. The maximum atomic E-state index is 13.4. The van der Waals surface area contributed by atoms with Gasteiger partial charge in [0.1, 0.15) is 11.2 Å². The van der Waals surface area contributed by atoms with E-state index in [1.54, 1.807) is 12.1 Å². The predicted molar refractivity (Wildman–Crippen MR) is 246 cm³/mol. The second-order valence-electron chi connectivity index (χ2n) is 16.8. The largest absolute Gasteiger partial charge is 0.371 e. The van der Waals surface area contributed by atoms with Crippen molar-refractivity contribution in [3.63, 3.8) is 0 Å². The number of amides is 5. The number of nitrogens with zero attached hydrogens (tertiary/aromatic N) is 9. The zero-order valence-electron chi connectivity index (χ0n) is 35.3. The lowest BCUT2D eigenvalue weighted by molar-refractivity contribution is -0.122. The molecule has 3 saturated heterocycles. The number of benzene rings is 4. The van der Waals surface area contributed by atoms with Crippen LogP contribution in [0.15, 0.2) is 103 Å². The molecule has 5 amide bonds. The number of piperidine rings is 2. The van der Waals surface area contributed by atoms with Gasteiger partial charge in [0.25, 0.3) is 11.8 Å². The van der Waals surface area contributed by atoms with E-state index in [-0.39, 0.29) is 24.1 Å². The molecule has 16 nitrogen and oxygen atoms in total. The summed E-state index contributed by atoms with van der Waals surface area (Å²) in [7, 11) is 2.25. The van der Waals surface area contributed by atoms with E-state index in [1.807, 2.05) is 66.7 Å². The van der Waals surface area contributed by atoms with Gasteiger partial charge in [0.15, 0.2) is 5.65 Å². The number of aromatic nitrogens is 4. The Morgan fingerprint density at radius 3 is 2.06 bits per heavy atom. The van der Waals surface area contributed by atoms with E-state index in [1.165, 1.54) is 9.77 Å². The van der Waals surface area contributed by atoms with Crippen molar-refractivity contribution < 1.29 is 19.2 Å². The average Bonchev–Trinajstić information content (AvgIpc) is 3.76. The van der Waals surface area contributed by atoms with Crippen molar-refractivity contribution in [1.82, 2.24) is 39.3 Å². The van der Waals surface area contributed by atoms with Crippen molar-refractivity contribution in [2.45, 2.75) is 38.1 Å². The molecule has 4 aliphatic heterocycles. The molecule has 4 aliphatic rings. The molecule has 0 atom stereocenters. The first kappa shape index (κ1) is 41.0. The number of nitrogens with one attached hydrogen (secondary N) is 3. The van der Waals surface area contributed by atoms with Crippen molar-refractivity contribution in [2.24, 2.45) is 5.92 Å². The van der Waals surface area contributed by atoms with Crippen LogP contribution >= 0.6 is 11.8 Å². The number of carbonyl (C=O) groups is 4. The number of urea groups is 1. The fourth-order valence-electron chi connectivity index (χ4n) is 9.27. The molecule has 0 spiro atoms. The highest BCUT2D eigenvalue weighted by Crippen LogP contribution is 2.34. The van der Waals surface area contributed by atoms with Gasteiger partial charge < -0.3 is 25.3 Å². The van der Waals surface area contributed by atoms with E-state index in [0.717, 1.165) is 91.1 Å². The molecule has 326 valence electrons. The van der Waals surface area contributed by atoms with Gasteiger partial charge in [0, 0.05) is 85.3 Å². The number of halogens is 1. The minimum absolute atomic E-state index is 0.0228. The van der Waals surface area contributed by atoms with Crippen LogP contribution in [0.5, 0.6) is 0 Å². The Labute approximate surface area is 374 Å². The lowest BCUT2D eigenvalue weighted by Crippen LogP contribution is -2.58. The second-order valence-corrected chi connectivity index (χ2v) is 17.1. The lowest BCUT2D eigenvalue weighted by Gasteiger charge is -2.40. The zero-order chi connectivity index (χ0) is 43.9. The van der Waals surface area contributed by atoms with Crippen LogP contribution in [-0.2, 0) is 4.79 Å². The molecule has 6 heterocycles. The summed E-state index contributed by atoms with van der Waals surface area (Å²) in [5, 5.41) is 10.8. The second kappa shape index (κ2) is 17.3. The Morgan fingerprint density at radius 2 is 1.34 bits per heavy atom. The summed E-state index contributed by atoms with van der Waals surface area (Å²) in [5.74, 6) is -0.112. The minimum atomic E-state index is -0.766. The van der Waals surface area contributed by atoms with Gasteiger partial charge in [-0.25, -0.2) is 23.9 Å². The molecule has 10 rings (SSSR count). The summed E-state index contributed by atoms with van der Waals surface area (Å²) in [6, 6.07) is 33.1. The van der Waals surface area contributed by atoms with Crippen LogP contribution < -0.4 is 25.8 Å². The number of imidazole rings is 1. The third-order valence-corrected chi connectivity index (χ3v) is 13.1. The number of fused-ring (bicyclic) bond motifs is 2. The van der Waals surface area contributed by atoms with Crippen molar-refractivity contribution in [2.75, 3.05) is 66.7 Å². The van der Waals surface area contributed by atoms with E-state index < -0.39 is 23.8 Å². The van der Waals surface area contributed by atoms with Gasteiger partial charge in [-0.15, -0.1) is 0 Å². The predicted octanol–water partition coefficient (Wildman–Crippen LogP) is 7.25. The molecule has 0 radical (unpaired) electrons. The van der Waals surface area contributed by atoms with Crippen LogP contribution in [0.3, 0.4) is 0 Å². The van der Waals surface area contributed by atoms with Crippen LogP contribution in [0.25, 0.3) is 22.4 Å². The molecular formula is C47H47ClN12O4. The number of hydrogen-bond donors (Lipinski definition) is 3.